The summed E-state index contributed by atoms with van der Waals surface area (Å²) in [5.41, 5.74) is 7.44. The number of amides is 1. The van der Waals surface area contributed by atoms with Gasteiger partial charge < -0.3 is 15.8 Å². The third-order valence-corrected chi connectivity index (χ3v) is 4.21. The molecule has 2 aromatic rings. The number of carbonyl (C=O) groups excluding carboxylic acids is 1. The van der Waals surface area contributed by atoms with E-state index in [1.165, 1.54) is 25.5 Å². The van der Waals surface area contributed by atoms with Crippen molar-refractivity contribution in [2.75, 3.05) is 5.32 Å². The summed E-state index contributed by atoms with van der Waals surface area (Å²) in [7, 11) is 0. The molecule has 1 fully saturated rings. The Kier molecular flexibility index (Phi) is 5.25. The molecule has 0 atom stereocenters. The van der Waals surface area contributed by atoms with Crippen LogP contribution in [0, 0.1) is 0 Å². The van der Waals surface area contributed by atoms with Crippen LogP contribution in [0.15, 0.2) is 36.8 Å². The summed E-state index contributed by atoms with van der Waals surface area (Å²) in [6.07, 6.45) is 11.1. The van der Waals surface area contributed by atoms with E-state index in [-0.39, 0.29) is 6.10 Å². The maximum Gasteiger partial charge on any atom is 0.252 e. The Morgan fingerprint density at radius 2 is 2.08 bits per heavy atom. The Hall–Kier alpha value is -2.63. The monoisotopic (exact) mass is 326 g/mol. The molecule has 2 aromatic heterocycles. The topological polar surface area (TPSA) is 90.1 Å². The number of nitrogens with one attached hydrogen (secondary N) is 1. The van der Waals surface area contributed by atoms with Gasteiger partial charge in [-0.3, -0.25) is 9.78 Å². The van der Waals surface area contributed by atoms with Gasteiger partial charge >= 0.3 is 0 Å². The molecule has 0 aliphatic heterocycles. The van der Waals surface area contributed by atoms with Gasteiger partial charge in [0, 0.05) is 31.2 Å². The average Bonchev–Trinajstić information content (AvgIpc) is 2.61. The molecule has 24 heavy (non-hydrogen) atoms. The highest BCUT2D eigenvalue weighted by molar-refractivity contribution is 5.98. The van der Waals surface area contributed by atoms with Crippen LogP contribution in [0.1, 0.15) is 48.0 Å². The van der Waals surface area contributed by atoms with Crippen molar-refractivity contribution in [2.45, 2.75) is 44.8 Å². The predicted octanol–water partition coefficient (Wildman–Crippen LogP) is 2.90. The Morgan fingerprint density at radius 3 is 2.88 bits per heavy atom. The molecule has 1 aliphatic carbocycles. The normalized spacial score (nSPS) is 15.0. The second-order valence-electron chi connectivity index (χ2n) is 6.02. The van der Waals surface area contributed by atoms with E-state index in [1.54, 1.807) is 18.5 Å². The lowest BCUT2D eigenvalue weighted by Gasteiger charge is -2.22. The van der Waals surface area contributed by atoms with E-state index in [0.717, 1.165) is 18.4 Å². The molecule has 2 heterocycles. The molecular formula is C18H22N4O2. The van der Waals surface area contributed by atoms with Crippen LogP contribution >= 0.6 is 0 Å². The molecule has 0 radical (unpaired) electrons. The number of pyridine rings is 2. The highest BCUT2D eigenvalue weighted by atomic mass is 16.5. The first-order valence-corrected chi connectivity index (χ1v) is 8.31. The molecule has 1 amide bonds. The third-order valence-electron chi connectivity index (χ3n) is 4.21. The summed E-state index contributed by atoms with van der Waals surface area (Å²) in [5, 5.41) is 3.22. The average molecular weight is 326 g/mol. The van der Waals surface area contributed by atoms with Crippen molar-refractivity contribution in [1.82, 2.24) is 9.97 Å². The van der Waals surface area contributed by atoms with E-state index in [1.807, 2.05) is 12.1 Å². The van der Waals surface area contributed by atoms with Crippen LogP contribution in [0.5, 0.6) is 5.88 Å². The van der Waals surface area contributed by atoms with Crippen LogP contribution in [0.3, 0.4) is 0 Å². The summed E-state index contributed by atoms with van der Waals surface area (Å²) in [6.45, 7) is 0.549. The fourth-order valence-corrected chi connectivity index (χ4v) is 2.92. The number of rotatable bonds is 6. The highest BCUT2D eigenvalue weighted by Gasteiger charge is 2.15. The van der Waals surface area contributed by atoms with E-state index < -0.39 is 5.91 Å². The number of primary amides is 1. The van der Waals surface area contributed by atoms with Gasteiger partial charge in [-0.15, -0.1) is 0 Å². The molecule has 1 saturated carbocycles. The van der Waals surface area contributed by atoms with Crippen molar-refractivity contribution in [2.24, 2.45) is 5.73 Å². The quantitative estimate of drug-likeness (QED) is 0.852. The molecule has 0 spiro atoms. The molecule has 0 bridgehead atoms. The molecule has 0 aromatic carbocycles. The van der Waals surface area contributed by atoms with Crippen molar-refractivity contribution in [3.8, 4) is 5.88 Å². The van der Waals surface area contributed by atoms with E-state index >= 15 is 0 Å². The smallest absolute Gasteiger partial charge is 0.252 e. The zero-order chi connectivity index (χ0) is 16.8. The SMILES string of the molecule is NC(=O)c1cnccc1NCc1ccnc(OC2CCCCC2)c1. The van der Waals surface area contributed by atoms with Crippen molar-refractivity contribution in [1.29, 1.82) is 0 Å². The number of ether oxygens (including phenoxy) is 1. The number of hydrogen-bond acceptors (Lipinski definition) is 5. The minimum Gasteiger partial charge on any atom is -0.474 e. The van der Waals surface area contributed by atoms with Gasteiger partial charge in [0.1, 0.15) is 6.10 Å². The predicted molar refractivity (Wildman–Crippen MR) is 91.8 cm³/mol. The van der Waals surface area contributed by atoms with Gasteiger partial charge in [-0.25, -0.2) is 4.98 Å². The van der Waals surface area contributed by atoms with Crippen LogP contribution in [-0.4, -0.2) is 22.0 Å². The zero-order valence-electron chi connectivity index (χ0n) is 13.6. The molecule has 1 aliphatic rings. The Bertz CT molecular complexity index is 699. The molecule has 3 N–H and O–H groups in total. The number of anilines is 1. The number of nitrogens with zero attached hydrogens (tertiary/aromatic N) is 2. The maximum absolute atomic E-state index is 11.4. The first-order chi connectivity index (χ1) is 11.7. The maximum atomic E-state index is 11.4. The van der Waals surface area contributed by atoms with E-state index in [2.05, 4.69) is 15.3 Å². The van der Waals surface area contributed by atoms with Crippen molar-refractivity contribution < 1.29 is 9.53 Å². The molecule has 126 valence electrons. The van der Waals surface area contributed by atoms with E-state index in [9.17, 15) is 4.79 Å². The fraction of sp³-hybridized carbons (Fsp3) is 0.389. The Labute approximate surface area is 141 Å². The first-order valence-electron chi connectivity index (χ1n) is 8.31. The van der Waals surface area contributed by atoms with Gasteiger partial charge in [0.15, 0.2) is 0 Å². The summed E-state index contributed by atoms with van der Waals surface area (Å²) >= 11 is 0. The van der Waals surface area contributed by atoms with Gasteiger partial charge in [-0.2, -0.15) is 0 Å². The minimum absolute atomic E-state index is 0.274. The Balaban J connectivity index is 1.63. The van der Waals surface area contributed by atoms with Crippen LogP contribution in [-0.2, 0) is 6.54 Å². The molecule has 6 nitrogen and oxygen atoms in total. The minimum atomic E-state index is -0.498. The molecular weight excluding hydrogens is 304 g/mol. The molecule has 3 rings (SSSR count). The highest BCUT2D eigenvalue weighted by Crippen LogP contribution is 2.23. The molecule has 0 saturated heterocycles. The summed E-state index contributed by atoms with van der Waals surface area (Å²) in [5.74, 6) is 0.160. The Morgan fingerprint density at radius 1 is 1.25 bits per heavy atom. The second-order valence-corrected chi connectivity index (χ2v) is 6.02. The number of nitrogens with two attached hydrogens (primary N) is 1. The lowest BCUT2D eigenvalue weighted by molar-refractivity contribution is 0.100. The van der Waals surface area contributed by atoms with Crippen LogP contribution in [0.4, 0.5) is 5.69 Å². The zero-order valence-corrected chi connectivity index (χ0v) is 13.6. The van der Waals surface area contributed by atoms with Crippen LogP contribution in [0.2, 0.25) is 0 Å². The lowest BCUT2D eigenvalue weighted by atomic mass is 9.98. The summed E-state index contributed by atoms with van der Waals surface area (Å²) in [6, 6.07) is 5.60. The fourth-order valence-electron chi connectivity index (χ4n) is 2.92. The largest absolute Gasteiger partial charge is 0.474 e. The van der Waals surface area contributed by atoms with E-state index in [0.29, 0.717) is 23.7 Å². The van der Waals surface area contributed by atoms with Gasteiger partial charge in [0.2, 0.25) is 5.88 Å². The number of hydrogen-bond donors (Lipinski definition) is 2. The summed E-state index contributed by atoms with van der Waals surface area (Å²) < 4.78 is 5.99. The summed E-state index contributed by atoms with van der Waals surface area (Å²) in [4.78, 5) is 19.7. The van der Waals surface area contributed by atoms with Crippen LogP contribution in [0.25, 0.3) is 0 Å². The van der Waals surface area contributed by atoms with Crippen molar-refractivity contribution in [3.63, 3.8) is 0 Å². The lowest BCUT2D eigenvalue weighted by Crippen LogP contribution is -2.20. The van der Waals surface area contributed by atoms with Gasteiger partial charge in [-0.1, -0.05) is 6.42 Å². The van der Waals surface area contributed by atoms with Crippen molar-refractivity contribution >= 4 is 11.6 Å². The van der Waals surface area contributed by atoms with Crippen molar-refractivity contribution in [3.05, 3.63) is 47.9 Å². The molecule has 0 unspecified atom stereocenters. The number of aromatic nitrogens is 2. The third kappa shape index (κ3) is 4.22. The van der Waals surface area contributed by atoms with E-state index in [4.69, 9.17) is 10.5 Å². The molecule has 6 heteroatoms. The second kappa shape index (κ2) is 7.77. The standard InChI is InChI=1S/C18H22N4O2/c19-18(23)15-12-20-8-7-16(15)22-11-13-6-9-21-17(10-13)24-14-4-2-1-3-5-14/h6-10,12,14H,1-5,11H2,(H2,19,23)(H,20,22). The van der Waals surface area contributed by atoms with Gasteiger partial charge in [-0.05, 0) is 43.4 Å². The van der Waals surface area contributed by atoms with Gasteiger partial charge in [0.05, 0.1) is 11.3 Å². The van der Waals surface area contributed by atoms with Gasteiger partial charge in [0.25, 0.3) is 5.91 Å². The number of carbonyl (C=O) groups is 1. The first kappa shape index (κ1) is 16.2. The van der Waals surface area contributed by atoms with Crippen LogP contribution < -0.4 is 15.8 Å².